The first kappa shape index (κ1) is 9.69. The Labute approximate surface area is 85.0 Å². The Bertz CT molecular complexity index is 273. The molecular formula is C12H17NO. The van der Waals surface area contributed by atoms with Crippen molar-refractivity contribution in [1.82, 2.24) is 5.32 Å². The molecule has 76 valence electrons. The van der Waals surface area contributed by atoms with E-state index < -0.39 is 0 Å². The number of piperidine rings is 1. The Morgan fingerprint density at radius 1 is 1.29 bits per heavy atom. The quantitative estimate of drug-likeness (QED) is 0.736. The number of benzene rings is 1. The number of aliphatic hydroxyl groups is 1. The molecule has 1 aliphatic rings. The molecule has 1 heterocycles. The van der Waals surface area contributed by atoms with Gasteiger partial charge in [-0.15, -0.1) is 0 Å². The van der Waals surface area contributed by atoms with E-state index in [9.17, 15) is 5.11 Å². The van der Waals surface area contributed by atoms with Crippen molar-refractivity contribution < 1.29 is 5.11 Å². The molecule has 0 unspecified atom stereocenters. The monoisotopic (exact) mass is 191 g/mol. The molecule has 14 heavy (non-hydrogen) atoms. The van der Waals surface area contributed by atoms with Crippen LogP contribution in [0.1, 0.15) is 12.0 Å². The summed E-state index contributed by atoms with van der Waals surface area (Å²) in [5.41, 5.74) is 1.33. The van der Waals surface area contributed by atoms with E-state index in [0.717, 1.165) is 25.9 Å². The summed E-state index contributed by atoms with van der Waals surface area (Å²) in [6, 6.07) is 10.4. The van der Waals surface area contributed by atoms with E-state index in [-0.39, 0.29) is 6.10 Å². The second-order valence-electron chi connectivity index (χ2n) is 4.01. The zero-order chi connectivity index (χ0) is 9.80. The lowest BCUT2D eigenvalue weighted by Crippen LogP contribution is -2.41. The van der Waals surface area contributed by atoms with Crippen LogP contribution in [0.4, 0.5) is 0 Å². The summed E-state index contributed by atoms with van der Waals surface area (Å²) >= 11 is 0. The SMILES string of the molecule is O[C@H]1CNCC[C@H]1Cc1ccccc1. The van der Waals surface area contributed by atoms with Gasteiger partial charge < -0.3 is 10.4 Å². The maximum atomic E-state index is 9.77. The summed E-state index contributed by atoms with van der Waals surface area (Å²) in [4.78, 5) is 0. The molecule has 0 spiro atoms. The molecule has 0 aliphatic carbocycles. The summed E-state index contributed by atoms with van der Waals surface area (Å²) in [5, 5.41) is 13.0. The topological polar surface area (TPSA) is 32.3 Å². The van der Waals surface area contributed by atoms with Crippen LogP contribution in [0.2, 0.25) is 0 Å². The minimum atomic E-state index is -0.177. The standard InChI is InChI=1S/C12H17NO/c14-12-9-13-7-6-11(12)8-10-4-2-1-3-5-10/h1-5,11-14H,6-9H2/t11-,12-/m0/s1. The maximum absolute atomic E-state index is 9.77. The summed E-state index contributed by atoms with van der Waals surface area (Å²) in [5.74, 6) is 0.429. The summed E-state index contributed by atoms with van der Waals surface area (Å²) < 4.78 is 0. The van der Waals surface area contributed by atoms with Crippen LogP contribution in [0, 0.1) is 5.92 Å². The predicted molar refractivity (Wildman–Crippen MR) is 57.1 cm³/mol. The van der Waals surface area contributed by atoms with E-state index in [1.807, 2.05) is 6.07 Å². The number of rotatable bonds is 2. The van der Waals surface area contributed by atoms with Crippen LogP contribution >= 0.6 is 0 Å². The van der Waals surface area contributed by atoms with Crippen LogP contribution in [-0.2, 0) is 6.42 Å². The fourth-order valence-corrected chi connectivity index (χ4v) is 2.05. The van der Waals surface area contributed by atoms with E-state index in [1.165, 1.54) is 5.56 Å². The highest BCUT2D eigenvalue weighted by molar-refractivity contribution is 5.15. The molecule has 2 N–H and O–H groups in total. The van der Waals surface area contributed by atoms with E-state index in [1.54, 1.807) is 0 Å². The van der Waals surface area contributed by atoms with Crippen molar-refractivity contribution >= 4 is 0 Å². The third-order valence-corrected chi connectivity index (χ3v) is 2.93. The number of β-amino-alcohol motifs (C(OH)–C–C–N with tert-alkyl or cyclic N) is 1. The minimum absolute atomic E-state index is 0.177. The lowest BCUT2D eigenvalue weighted by molar-refractivity contribution is 0.0820. The molecule has 2 nitrogen and oxygen atoms in total. The first-order chi connectivity index (χ1) is 6.86. The molecule has 0 bridgehead atoms. The van der Waals surface area contributed by atoms with Crippen molar-refractivity contribution in [3.8, 4) is 0 Å². The van der Waals surface area contributed by atoms with Crippen molar-refractivity contribution in [2.75, 3.05) is 13.1 Å². The first-order valence-electron chi connectivity index (χ1n) is 5.29. The van der Waals surface area contributed by atoms with Gasteiger partial charge in [-0.25, -0.2) is 0 Å². The lowest BCUT2D eigenvalue weighted by Gasteiger charge is -2.28. The van der Waals surface area contributed by atoms with Gasteiger partial charge in [-0.2, -0.15) is 0 Å². The predicted octanol–water partition coefficient (Wildman–Crippen LogP) is 1.20. The van der Waals surface area contributed by atoms with Gasteiger partial charge in [-0.1, -0.05) is 30.3 Å². The van der Waals surface area contributed by atoms with Crippen molar-refractivity contribution in [2.24, 2.45) is 5.92 Å². The third kappa shape index (κ3) is 2.34. The molecule has 1 aromatic carbocycles. The Kier molecular flexibility index (Phi) is 3.17. The van der Waals surface area contributed by atoms with E-state index >= 15 is 0 Å². The molecule has 1 fully saturated rings. The second kappa shape index (κ2) is 4.58. The molecule has 2 rings (SSSR count). The maximum Gasteiger partial charge on any atom is 0.0696 e. The van der Waals surface area contributed by atoms with Gasteiger partial charge in [0.05, 0.1) is 6.10 Å². The molecule has 2 heteroatoms. The number of hydrogen-bond acceptors (Lipinski definition) is 2. The van der Waals surface area contributed by atoms with Gasteiger partial charge in [-0.3, -0.25) is 0 Å². The molecule has 1 saturated heterocycles. The largest absolute Gasteiger partial charge is 0.392 e. The normalized spacial score (nSPS) is 27.5. The minimum Gasteiger partial charge on any atom is -0.392 e. The Morgan fingerprint density at radius 3 is 2.79 bits per heavy atom. The van der Waals surface area contributed by atoms with Crippen LogP contribution in [0.3, 0.4) is 0 Å². The highest BCUT2D eigenvalue weighted by atomic mass is 16.3. The second-order valence-corrected chi connectivity index (χ2v) is 4.01. The van der Waals surface area contributed by atoms with Gasteiger partial charge in [0.2, 0.25) is 0 Å². The van der Waals surface area contributed by atoms with Gasteiger partial charge in [0.1, 0.15) is 0 Å². The fourth-order valence-electron chi connectivity index (χ4n) is 2.05. The van der Waals surface area contributed by atoms with E-state index in [4.69, 9.17) is 0 Å². The molecule has 0 aromatic heterocycles. The molecule has 2 atom stereocenters. The average Bonchev–Trinajstić information content (AvgIpc) is 2.23. The van der Waals surface area contributed by atoms with E-state index in [0.29, 0.717) is 5.92 Å². The van der Waals surface area contributed by atoms with Crippen LogP contribution in [0.5, 0.6) is 0 Å². The van der Waals surface area contributed by atoms with Crippen LogP contribution in [0.25, 0.3) is 0 Å². The Hall–Kier alpha value is -0.860. The molecule has 0 amide bonds. The smallest absolute Gasteiger partial charge is 0.0696 e. The van der Waals surface area contributed by atoms with E-state index in [2.05, 4.69) is 29.6 Å². The number of nitrogens with one attached hydrogen (secondary N) is 1. The van der Waals surface area contributed by atoms with Crippen molar-refractivity contribution in [2.45, 2.75) is 18.9 Å². The summed E-state index contributed by atoms with van der Waals surface area (Å²) in [6.45, 7) is 1.78. The Balaban J connectivity index is 1.96. The fraction of sp³-hybridized carbons (Fsp3) is 0.500. The van der Waals surface area contributed by atoms with Gasteiger partial charge in [0.25, 0.3) is 0 Å². The molecule has 0 saturated carbocycles. The molecule has 1 aliphatic heterocycles. The molecule has 1 aromatic rings. The number of hydrogen-bond donors (Lipinski definition) is 2. The van der Waals surface area contributed by atoms with Crippen molar-refractivity contribution in [3.05, 3.63) is 35.9 Å². The third-order valence-electron chi connectivity index (χ3n) is 2.93. The highest BCUT2D eigenvalue weighted by Crippen LogP contribution is 2.18. The zero-order valence-corrected chi connectivity index (χ0v) is 8.32. The van der Waals surface area contributed by atoms with Gasteiger partial charge >= 0.3 is 0 Å². The molecular weight excluding hydrogens is 174 g/mol. The van der Waals surface area contributed by atoms with Crippen molar-refractivity contribution in [3.63, 3.8) is 0 Å². The van der Waals surface area contributed by atoms with Crippen LogP contribution in [-0.4, -0.2) is 24.3 Å². The summed E-state index contributed by atoms with van der Waals surface area (Å²) in [6.07, 6.45) is 1.91. The Morgan fingerprint density at radius 2 is 2.07 bits per heavy atom. The average molecular weight is 191 g/mol. The van der Waals surface area contributed by atoms with Crippen molar-refractivity contribution in [1.29, 1.82) is 0 Å². The highest BCUT2D eigenvalue weighted by Gasteiger charge is 2.22. The molecule has 0 radical (unpaired) electrons. The van der Waals surface area contributed by atoms with Crippen LogP contribution in [0.15, 0.2) is 30.3 Å². The lowest BCUT2D eigenvalue weighted by atomic mass is 9.89. The van der Waals surface area contributed by atoms with Crippen LogP contribution < -0.4 is 5.32 Å². The number of aliphatic hydroxyl groups excluding tert-OH is 1. The van der Waals surface area contributed by atoms with Gasteiger partial charge in [-0.05, 0) is 30.9 Å². The zero-order valence-electron chi connectivity index (χ0n) is 8.32. The summed E-state index contributed by atoms with van der Waals surface area (Å²) in [7, 11) is 0. The first-order valence-corrected chi connectivity index (χ1v) is 5.29. The van der Waals surface area contributed by atoms with Gasteiger partial charge in [0.15, 0.2) is 0 Å². The van der Waals surface area contributed by atoms with Gasteiger partial charge in [0, 0.05) is 6.54 Å².